The number of fused-ring (bicyclic) bond motifs is 3. The smallest absolute Gasteiger partial charge is 0.253 e. The van der Waals surface area contributed by atoms with Gasteiger partial charge in [0.25, 0.3) is 5.91 Å². The maximum Gasteiger partial charge on any atom is 0.253 e. The monoisotopic (exact) mass is 403 g/mol. The molecule has 1 atom stereocenters. The quantitative estimate of drug-likeness (QED) is 0.537. The highest BCUT2D eigenvalue weighted by Gasteiger charge is 2.27. The van der Waals surface area contributed by atoms with E-state index in [1.807, 2.05) is 42.9 Å². The first-order valence-corrected chi connectivity index (χ1v) is 10.6. The number of aromatic nitrogens is 2. The number of nitrogens with zero attached hydrogens (tertiary/aromatic N) is 2. The van der Waals surface area contributed by atoms with E-state index in [9.17, 15) is 4.79 Å². The highest BCUT2D eigenvalue weighted by atomic mass is 16.1. The van der Waals surface area contributed by atoms with Crippen molar-refractivity contribution in [2.24, 2.45) is 11.5 Å². The van der Waals surface area contributed by atoms with Crippen LogP contribution in [-0.2, 0) is 25.8 Å². The Morgan fingerprint density at radius 3 is 2.77 bits per heavy atom. The Hall–Kier alpha value is -2.96. The Morgan fingerprint density at radius 1 is 1.17 bits per heavy atom. The van der Waals surface area contributed by atoms with Crippen LogP contribution in [0.2, 0.25) is 0 Å². The number of nitrogens with two attached hydrogens (primary N) is 2. The second kappa shape index (κ2) is 9.24. The van der Waals surface area contributed by atoms with Crippen molar-refractivity contribution in [1.29, 1.82) is 0 Å². The Bertz CT molecular complexity index is 1010. The lowest BCUT2D eigenvalue weighted by Gasteiger charge is -2.20. The highest BCUT2D eigenvalue weighted by molar-refractivity contribution is 5.98. The van der Waals surface area contributed by atoms with Crippen molar-refractivity contribution in [2.45, 2.75) is 38.3 Å². The van der Waals surface area contributed by atoms with E-state index >= 15 is 0 Å². The average molecular weight is 404 g/mol. The van der Waals surface area contributed by atoms with Crippen LogP contribution >= 0.6 is 0 Å². The molecule has 0 saturated carbocycles. The van der Waals surface area contributed by atoms with E-state index in [4.69, 9.17) is 11.5 Å². The Labute approximate surface area is 177 Å². The second-order valence-electron chi connectivity index (χ2n) is 7.83. The number of amides is 1. The van der Waals surface area contributed by atoms with Gasteiger partial charge in [-0.15, -0.1) is 0 Å². The van der Waals surface area contributed by atoms with Crippen LogP contribution in [0.1, 0.15) is 33.5 Å². The summed E-state index contributed by atoms with van der Waals surface area (Å²) in [5.41, 5.74) is 18.3. The molecular weight excluding hydrogens is 374 g/mol. The van der Waals surface area contributed by atoms with Gasteiger partial charge in [-0.3, -0.25) is 9.78 Å². The summed E-state index contributed by atoms with van der Waals surface area (Å²) < 4.78 is 2.18. The molecule has 5 N–H and O–H groups in total. The largest absolute Gasteiger partial charge is 0.348 e. The molecule has 1 aliphatic rings. The number of aryl methyl sites for hydroxylation is 2. The Morgan fingerprint density at radius 2 is 2.00 bits per heavy atom. The third-order valence-corrected chi connectivity index (χ3v) is 5.78. The fraction of sp³-hybridized carbons (Fsp3) is 0.333. The van der Waals surface area contributed by atoms with Crippen molar-refractivity contribution in [1.82, 2.24) is 14.9 Å². The molecule has 0 fully saturated rings. The number of benzene rings is 1. The third-order valence-electron chi connectivity index (χ3n) is 5.78. The topological polar surface area (TPSA) is 99.0 Å². The normalized spacial score (nSPS) is 13.4. The third kappa shape index (κ3) is 4.15. The molecule has 0 spiro atoms. The zero-order valence-corrected chi connectivity index (χ0v) is 17.2. The maximum atomic E-state index is 13.3. The van der Waals surface area contributed by atoms with Gasteiger partial charge in [0.1, 0.15) is 0 Å². The summed E-state index contributed by atoms with van der Waals surface area (Å²) in [5.74, 6) is -0.0540. The number of carbonyl (C=O) groups is 1. The minimum atomic E-state index is -0.108. The number of carbonyl (C=O) groups excluding carboxylic acids is 1. The number of nitrogens with one attached hydrogen (secondary N) is 1. The molecule has 4 rings (SSSR count). The lowest BCUT2D eigenvalue weighted by molar-refractivity contribution is 0.0937. The maximum absolute atomic E-state index is 13.3. The van der Waals surface area contributed by atoms with Gasteiger partial charge in [0.05, 0.1) is 11.3 Å². The zero-order valence-electron chi connectivity index (χ0n) is 17.2. The van der Waals surface area contributed by atoms with E-state index in [0.29, 0.717) is 19.5 Å². The van der Waals surface area contributed by atoms with Gasteiger partial charge in [0.2, 0.25) is 0 Å². The molecular formula is C24H29N5O. The van der Waals surface area contributed by atoms with Crippen molar-refractivity contribution >= 4 is 5.91 Å². The van der Waals surface area contributed by atoms with Gasteiger partial charge in [-0.25, -0.2) is 0 Å². The van der Waals surface area contributed by atoms with Crippen molar-refractivity contribution in [3.05, 3.63) is 77.2 Å². The Balaban J connectivity index is 1.62. The van der Waals surface area contributed by atoms with E-state index in [-0.39, 0.29) is 11.9 Å². The minimum absolute atomic E-state index is 0.0540. The zero-order chi connectivity index (χ0) is 20.9. The second-order valence-corrected chi connectivity index (χ2v) is 7.83. The van der Waals surface area contributed by atoms with Gasteiger partial charge in [-0.1, -0.05) is 30.3 Å². The van der Waals surface area contributed by atoms with E-state index < -0.39 is 0 Å². The molecule has 30 heavy (non-hydrogen) atoms. The van der Waals surface area contributed by atoms with E-state index in [1.165, 1.54) is 11.1 Å². The molecule has 0 saturated heterocycles. The fourth-order valence-electron chi connectivity index (χ4n) is 4.28. The molecule has 0 radical (unpaired) electrons. The van der Waals surface area contributed by atoms with Crippen LogP contribution in [0.25, 0.3) is 11.3 Å². The molecule has 1 aliphatic carbocycles. The molecule has 1 aromatic carbocycles. The number of rotatable bonds is 8. The fourth-order valence-corrected chi connectivity index (χ4v) is 4.28. The van der Waals surface area contributed by atoms with Crippen LogP contribution in [0.4, 0.5) is 0 Å². The standard InChI is InChI=1S/C24H29N5O/c25-10-4-12-29-16-22(21-8-7-18-15-27-11-9-20(18)23(21)29)24(30)28-19(14-26)13-17-5-2-1-3-6-17/h1-3,5-6,9,11,15-16,19H,4,7-8,10,12-14,25-26H2,(H,28,30)/t19-/m0/s1. The highest BCUT2D eigenvalue weighted by Crippen LogP contribution is 2.36. The van der Waals surface area contributed by atoms with E-state index in [1.54, 1.807) is 0 Å². The first-order chi connectivity index (χ1) is 14.7. The van der Waals surface area contributed by atoms with Crippen molar-refractivity contribution in [2.75, 3.05) is 13.1 Å². The predicted octanol–water partition coefficient (Wildman–Crippen LogP) is 2.30. The SMILES string of the molecule is NCCCn1cc(C(=O)N[C@H](CN)Cc2ccccc2)c2c1-c1ccncc1CC2. The van der Waals surface area contributed by atoms with Gasteiger partial charge in [-0.2, -0.15) is 0 Å². The first-order valence-electron chi connectivity index (χ1n) is 10.6. The molecule has 6 heteroatoms. The number of pyridine rings is 1. The summed E-state index contributed by atoms with van der Waals surface area (Å²) in [6.07, 6.45) is 9.04. The van der Waals surface area contributed by atoms with Crippen molar-refractivity contribution in [3.8, 4) is 11.3 Å². The van der Waals surface area contributed by atoms with Gasteiger partial charge >= 0.3 is 0 Å². The molecule has 0 bridgehead atoms. The lowest BCUT2D eigenvalue weighted by atomic mass is 9.89. The summed E-state index contributed by atoms with van der Waals surface area (Å²) >= 11 is 0. The van der Waals surface area contributed by atoms with E-state index in [0.717, 1.165) is 48.2 Å². The number of hydrogen-bond acceptors (Lipinski definition) is 4. The summed E-state index contributed by atoms with van der Waals surface area (Å²) in [6, 6.07) is 12.1. The van der Waals surface area contributed by atoms with Gasteiger partial charge in [-0.05, 0) is 55.0 Å². The van der Waals surface area contributed by atoms with Crippen LogP contribution < -0.4 is 16.8 Å². The van der Waals surface area contributed by atoms with Crippen LogP contribution in [0.5, 0.6) is 0 Å². The molecule has 6 nitrogen and oxygen atoms in total. The number of hydrogen-bond donors (Lipinski definition) is 3. The van der Waals surface area contributed by atoms with Crippen LogP contribution in [-0.4, -0.2) is 34.6 Å². The van der Waals surface area contributed by atoms with Gasteiger partial charge in [0.15, 0.2) is 0 Å². The molecule has 0 aliphatic heterocycles. The molecule has 0 unspecified atom stereocenters. The molecule has 2 heterocycles. The Kier molecular flexibility index (Phi) is 6.26. The van der Waals surface area contributed by atoms with Gasteiger partial charge in [0, 0.05) is 43.3 Å². The summed E-state index contributed by atoms with van der Waals surface area (Å²) in [7, 11) is 0. The molecule has 156 valence electrons. The van der Waals surface area contributed by atoms with Crippen molar-refractivity contribution < 1.29 is 4.79 Å². The molecule has 2 aromatic heterocycles. The minimum Gasteiger partial charge on any atom is -0.348 e. The van der Waals surface area contributed by atoms with Crippen molar-refractivity contribution in [3.63, 3.8) is 0 Å². The lowest BCUT2D eigenvalue weighted by Crippen LogP contribution is -2.41. The van der Waals surface area contributed by atoms with Crippen LogP contribution in [0.3, 0.4) is 0 Å². The predicted molar refractivity (Wildman–Crippen MR) is 119 cm³/mol. The summed E-state index contributed by atoms with van der Waals surface area (Å²) in [6.45, 7) is 1.80. The average Bonchev–Trinajstić information content (AvgIpc) is 3.17. The van der Waals surface area contributed by atoms with Crippen LogP contribution in [0.15, 0.2) is 55.0 Å². The van der Waals surface area contributed by atoms with Gasteiger partial charge < -0.3 is 21.4 Å². The summed E-state index contributed by atoms with van der Waals surface area (Å²) in [5, 5.41) is 3.16. The molecule has 1 amide bonds. The van der Waals surface area contributed by atoms with E-state index in [2.05, 4.69) is 27.0 Å². The first kappa shape index (κ1) is 20.3. The summed E-state index contributed by atoms with van der Waals surface area (Å²) in [4.78, 5) is 17.5. The van der Waals surface area contributed by atoms with Crippen LogP contribution in [0, 0.1) is 0 Å². The molecule has 3 aromatic rings.